The molecule has 0 aliphatic carbocycles. The Morgan fingerprint density at radius 1 is 1.00 bits per heavy atom. The molecule has 0 spiro atoms. The Balaban J connectivity index is 0. The molecule has 0 amide bonds. The molecular formula is HfSiYZr. The van der Waals surface area contributed by atoms with E-state index < -0.39 is 0 Å². The minimum atomic E-state index is 0. The maximum Gasteiger partial charge on any atom is 0 e. The van der Waals surface area contributed by atoms with Gasteiger partial charge in [-0.25, -0.2) is 0 Å². The van der Waals surface area contributed by atoms with Crippen LogP contribution in [0, 0.1) is 0 Å². The van der Waals surface area contributed by atoms with Gasteiger partial charge in [-0.1, -0.05) is 0 Å². The third-order valence-corrected chi connectivity index (χ3v) is 0. The Kier molecular flexibility index (Phi) is 114. The van der Waals surface area contributed by atoms with Gasteiger partial charge < -0.3 is 0 Å². The summed E-state index contributed by atoms with van der Waals surface area (Å²) in [5, 5.41) is 0. The maximum absolute atomic E-state index is 0. The normalized spacial score (nSPS) is 0. The molecule has 0 saturated heterocycles. The van der Waals surface area contributed by atoms with Crippen LogP contribution in [0.25, 0.3) is 0 Å². The van der Waals surface area contributed by atoms with Crippen LogP contribution in [0.1, 0.15) is 0 Å². The molecule has 0 N–H and O–H groups in total. The van der Waals surface area contributed by atoms with E-state index in [0.717, 1.165) is 0 Å². The van der Waals surface area contributed by atoms with Crippen LogP contribution in [0.5, 0.6) is 0 Å². The predicted molar refractivity (Wildman–Crippen MR) is 5.75 cm³/mol. The summed E-state index contributed by atoms with van der Waals surface area (Å²) in [5.74, 6) is 0. The second-order valence-electron chi connectivity index (χ2n) is 0. The summed E-state index contributed by atoms with van der Waals surface area (Å²) in [4.78, 5) is 0. The molecule has 0 saturated carbocycles. The molecule has 0 unspecified atom stereocenters. The van der Waals surface area contributed by atoms with Crippen LogP contribution in [0.4, 0.5) is 0 Å². The van der Waals surface area contributed by atoms with Crippen LogP contribution < -0.4 is 0 Å². The van der Waals surface area contributed by atoms with Crippen molar-refractivity contribution in [2.45, 2.75) is 0 Å². The van der Waals surface area contributed by atoms with E-state index in [-0.39, 0.29) is 95.7 Å². The molecule has 0 rings (SSSR count). The molecule has 4 heteroatoms. The predicted octanol–water partition coefficient (Wildman–Crippen LogP) is -0.388. The molecule has 0 fully saturated rings. The van der Waals surface area contributed by atoms with E-state index in [1.807, 2.05) is 0 Å². The molecule has 15 valence electrons. The van der Waals surface area contributed by atoms with Crippen molar-refractivity contribution in [1.82, 2.24) is 0 Å². The van der Waals surface area contributed by atoms with E-state index in [1.165, 1.54) is 0 Å². The van der Waals surface area contributed by atoms with E-state index >= 15 is 0 Å². The Hall–Kier alpha value is 3.07. The Morgan fingerprint density at radius 3 is 1.00 bits per heavy atom. The summed E-state index contributed by atoms with van der Waals surface area (Å²) in [6.45, 7) is 0. The summed E-state index contributed by atoms with van der Waals surface area (Å²) >= 11 is 0. The fourth-order valence-corrected chi connectivity index (χ4v) is 0. The van der Waals surface area contributed by atoms with Gasteiger partial charge >= 0.3 is 0 Å². The van der Waals surface area contributed by atoms with Crippen molar-refractivity contribution < 1.29 is 84.8 Å². The van der Waals surface area contributed by atoms with Gasteiger partial charge in [0.1, 0.15) is 0 Å². The first-order valence-corrected chi connectivity index (χ1v) is 0. The SMILES string of the molecule is [Hf].[Si].[Y].[Zr]. The molecule has 0 aromatic rings. The smallest absolute Gasteiger partial charge is 0 e. The van der Waals surface area contributed by atoms with E-state index in [2.05, 4.69) is 0 Å². The van der Waals surface area contributed by atoms with Crippen molar-refractivity contribution in [2.75, 3.05) is 0 Å². The first-order valence-electron chi connectivity index (χ1n) is 0. The van der Waals surface area contributed by atoms with Gasteiger partial charge in [-0.15, -0.1) is 0 Å². The number of hydrogen-bond donors (Lipinski definition) is 0. The molecule has 0 atom stereocenters. The topological polar surface area (TPSA) is 0 Å². The standard InChI is InChI=1S/Hf.Si.Y.Zr. The summed E-state index contributed by atoms with van der Waals surface area (Å²) < 4.78 is 0. The van der Waals surface area contributed by atoms with Crippen LogP contribution in [-0.2, 0) is 84.8 Å². The van der Waals surface area contributed by atoms with Gasteiger partial charge in [0.15, 0.2) is 0 Å². The van der Waals surface area contributed by atoms with Gasteiger partial charge in [0.25, 0.3) is 0 Å². The second-order valence-corrected chi connectivity index (χ2v) is 0. The van der Waals surface area contributed by atoms with Crippen LogP contribution >= 0.6 is 0 Å². The third-order valence-electron chi connectivity index (χ3n) is 0. The number of rotatable bonds is 0. The maximum atomic E-state index is 0. The van der Waals surface area contributed by atoms with E-state index in [9.17, 15) is 0 Å². The molecule has 0 heterocycles. The van der Waals surface area contributed by atoms with Crippen LogP contribution in [0.3, 0.4) is 0 Å². The zero-order valence-corrected chi connectivity index (χ0v) is 12.0. The van der Waals surface area contributed by atoms with Gasteiger partial charge in [0.2, 0.25) is 0 Å². The fraction of sp³-hybridized carbons (Fsp3) is 0. The summed E-state index contributed by atoms with van der Waals surface area (Å²) in [6, 6.07) is 0. The van der Waals surface area contributed by atoms with Crippen LogP contribution in [-0.4, -0.2) is 11.0 Å². The Morgan fingerprint density at radius 2 is 1.00 bits per heavy atom. The number of hydrogen-bond acceptors (Lipinski definition) is 0. The molecule has 0 aliphatic rings. The minimum absolute atomic E-state index is 0. The molecule has 0 aromatic heterocycles. The average molecular weight is 387 g/mol. The Bertz CT molecular complexity index is 8.00. The monoisotopic (exact) mass is 387 g/mol. The molecule has 0 aliphatic heterocycles. The largest absolute Gasteiger partial charge is 0 e. The molecule has 0 bridgehead atoms. The summed E-state index contributed by atoms with van der Waals surface area (Å²) in [6.07, 6.45) is 0. The molecule has 5 radical (unpaired) electrons. The van der Waals surface area contributed by atoms with Crippen molar-refractivity contribution in [3.63, 3.8) is 0 Å². The Labute approximate surface area is 93.7 Å². The molecular weight excluding hydrogens is 387 g/mol. The minimum Gasteiger partial charge on any atom is 0 e. The van der Waals surface area contributed by atoms with Gasteiger partial charge in [-0.05, 0) is 0 Å². The van der Waals surface area contributed by atoms with Gasteiger partial charge in [-0.2, -0.15) is 0 Å². The molecule has 0 nitrogen and oxygen atoms in total. The summed E-state index contributed by atoms with van der Waals surface area (Å²) in [7, 11) is 0. The van der Waals surface area contributed by atoms with Crippen molar-refractivity contribution in [2.24, 2.45) is 0 Å². The van der Waals surface area contributed by atoms with Gasteiger partial charge in [0, 0.05) is 95.7 Å². The van der Waals surface area contributed by atoms with Crippen molar-refractivity contribution >= 4 is 11.0 Å². The average Bonchev–Trinajstić information content (AvgIpc) is 0. The van der Waals surface area contributed by atoms with Crippen molar-refractivity contribution in [3.8, 4) is 0 Å². The van der Waals surface area contributed by atoms with Crippen molar-refractivity contribution in [1.29, 1.82) is 0 Å². The van der Waals surface area contributed by atoms with E-state index in [1.54, 1.807) is 0 Å². The van der Waals surface area contributed by atoms with E-state index in [4.69, 9.17) is 0 Å². The first-order chi connectivity index (χ1) is 0. The third kappa shape index (κ3) is 8.91. The zero-order valence-electron chi connectivity index (χ0n) is 2.08. The van der Waals surface area contributed by atoms with Gasteiger partial charge in [0.05, 0.1) is 0 Å². The molecule has 4 heavy (non-hydrogen) atoms. The second kappa shape index (κ2) is 16.5. The fourth-order valence-electron chi connectivity index (χ4n) is 0. The first kappa shape index (κ1) is 27.6. The van der Waals surface area contributed by atoms with Crippen molar-refractivity contribution in [3.05, 3.63) is 0 Å². The van der Waals surface area contributed by atoms with Gasteiger partial charge in [-0.3, -0.25) is 0 Å². The quantitative estimate of drug-likeness (QED) is 0.498. The molecule has 0 aromatic carbocycles. The van der Waals surface area contributed by atoms with Crippen LogP contribution in [0.2, 0.25) is 0 Å². The summed E-state index contributed by atoms with van der Waals surface area (Å²) in [5.41, 5.74) is 0. The zero-order chi connectivity index (χ0) is 0. The van der Waals surface area contributed by atoms with Crippen LogP contribution in [0.15, 0.2) is 0 Å². The van der Waals surface area contributed by atoms with E-state index in [0.29, 0.717) is 0 Å².